The van der Waals surface area contributed by atoms with Crippen LogP contribution in [0.15, 0.2) is 57.5 Å². The van der Waals surface area contributed by atoms with Gasteiger partial charge in [0.1, 0.15) is 12.7 Å². The van der Waals surface area contributed by atoms with Crippen molar-refractivity contribution in [2.45, 2.75) is 18.6 Å². The molecule has 0 aromatic heterocycles. The molecule has 1 aliphatic heterocycles. The van der Waals surface area contributed by atoms with E-state index in [1.54, 1.807) is 48.5 Å². The van der Waals surface area contributed by atoms with Crippen molar-refractivity contribution in [3.05, 3.63) is 68.6 Å². The van der Waals surface area contributed by atoms with E-state index in [0.29, 0.717) is 17.5 Å². The standard InChI is InChI=1S/C19H16Br2O5/c20-14-5-1-12(2-6-14)18(22)24-10-9-16-17(26-16)11-25-19(23)13-3-7-15(21)8-4-13/h1-8,16-17H,9-11H2. The highest BCUT2D eigenvalue weighted by molar-refractivity contribution is 9.10. The number of carbonyl (C=O) groups excluding carboxylic acids is 2. The third kappa shape index (κ3) is 5.40. The van der Waals surface area contributed by atoms with E-state index in [4.69, 9.17) is 14.2 Å². The zero-order valence-electron chi connectivity index (χ0n) is 13.7. The summed E-state index contributed by atoms with van der Waals surface area (Å²) in [5, 5.41) is 0. The zero-order chi connectivity index (χ0) is 18.5. The molecule has 26 heavy (non-hydrogen) atoms. The first-order chi connectivity index (χ1) is 12.5. The fraction of sp³-hybridized carbons (Fsp3) is 0.263. The van der Waals surface area contributed by atoms with Gasteiger partial charge in [-0.25, -0.2) is 9.59 Å². The smallest absolute Gasteiger partial charge is 0.338 e. The normalized spacial score (nSPS) is 18.2. The van der Waals surface area contributed by atoms with Crippen LogP contribution in [0.3, 0.4) is 0 Å². The fourth-order valence-corrected chi connectivity index (χ4v) is 2.87. The van der Waals surface area contributed by atoms with Gasteiger partial charge in [0, 0.05) is 15.4 Å². The summed E-state index contributed by atoms with van der Waals surface area (Å²) < 4.78 is 17.7. The summed E-state index contributed by atoms with van der Waals surface area (Å²) in [4.78, 5) is 23.8. The Balaban J connectivity index is 1.33. The largest absolute Gasteiger partial charge is 0.462 e. The number of epoxide rings is 1. The molecule has 0 spiro atoms. The van der Waals surface area contributed by atoms with Crippen molar-refractivity contribution in [1.82, 2.24) is 0 Å². The lowest BCUT2D eigenvalue weighted by atomic mass is 10.2. The van der Waals surface area contributed by atoms with E-state index < -0.39 is 0 Å². The molecule has 1 fully saturated rings. The maximum Gasteiger partial charge on any atom is 0.338 e. The second kappa shape index (κ2) is 8.79. The summed E-state index contributed by atoms with van der Waals surface area (Å²) >= 11 is 6.63. The molecule has 2 aromatic carbocycles. The van der Waals surface area contributed by atoms with E-state index in [0.717, 1.165) is 8.95 Å². The van der Waals surface area contributed by atoms with Gasteiger partial charge in [0.2, 0.25) is 0 Å². The molecule has 0 saturated carbocycles. The Kier molecular flexibility index (Phi) is 6.45. The molecule has 3 rings (SSSR count). The summed E-state index contributed by atoms with van der Waals surface area (Å²) in [5.74, 6) is -0.746. The minimum atomic E-state index is -0.381. The number of ether oxygens (including phenoxy) is 3. The summed E-state index contributed by atoms with van der Waals surface area (Å²) in [7, 11) is 0. The number of hydrogen-bond acceptors (Lipinski definition) is 5. The van der Waals surface area contributed by atoms with Crippen molar-refractivity contribution < 1.29 is 23.8 Å². The van der Waals surface area contributed by atoms with Gasteiger partial charge in [-0.1, -0.05) is 31.9 Å². The van der Waals surface area contributed by atoms with Crippen LogP contribution in [0.4, 0.5) is 0 Å². The maximum absolute atomic E-state index is 11.9. The third-order valence-corrected chi connectivity index (χ3v) is 4.92. The second-order valence-corrected chi connectivity index (χ2v) is 7.58. The predicted octanol–water partition coefficient (Wildman–Crippen LogP) is 4.38. The van der Waals surface area contributed by atoms with Crippen LogP contribution in [0, 0.1) is 0 Å². The molecule has 0 bridgehead atoms. The Hall–Kier alpha value is -1.70. The Morgan fingerprint density at radius 3 is 1.85 bits per heavy atom. The predicted molar refractivity (Wildman–Crippen MR) is 102 cm³/mol. The molecule has 7 heteroatoms. The highest BCUT2D eigenvalue weighted by Crippen LogP contribution is 2.26. The van der Waals surface area contributed by atoms with Gasteiger partial charge in [-0.05, 0) is 48.5 Å². The fourth-order valence-electron chi connectivity index (χ4n) is 2.34. The number of halogens is 2. The number of rotatable bonds is 7. The van der Waals surface area contributed by atoms with Gasteiger partial charge in [0.25, 0.3) is 0 Å². The van der Waals surface area contributed by atoms with E-state index in [1.807, 2.05) is 0 Å². The highest BCUT2D eigenvalue weighted by atomic mass is 79.9. The van der Waals surface area contributed by atoms with E-state index in [2.05, 4.69) is 31.9 Å². The molecule has 1 saturated heterocycles. The van der Waals surface area contributed by atoms with Crippen LogP contribution in [0.2, 0.25) is 0 Å². The van der Waals surface area contributed by atoms with E-state index >= 15 is 0 Å². The van der Waals surface area contributed by atoms with Crippen LogP contribution in [-0.2, 0) is 14.2 Å². The molecule has 0 radical (unpaired) electrons. The van der Waals surface area contributed by atoms with Crippen molar-refractivity contribution in [1.29, 1.82) is 0 Å². The summed E-state index contributed by atoms with van der Waals surface area (Å²) in [6.45, 7) is 0.455. The minimum absolute atomic E-state index is 0.0505. The number of esters is 2. The maximum atomic E-state index is 11.9. The van der Waals surface area contributed by atoms with Crippen molar-refractivity contribution in [3.63, 3.8) is 0 Å². The van der Waals surface area contributed by atoms with Gasteiger partial charge in [-0.15, -0.1) is 0 Å². The molecule has 2 aromatic rings. The van der Waals surface area contributed by atoms with Crippen molar-refractivity contribution in [2.75, 3.05) is 13.2 Å². The van der Waals surface area contributed by atoms with Gasteiger partial charge >= 0.3 is 11.9 Å². The van der Waals surface area contributed by atoms with Gasteiger partial charge in [-0.3, -0.25) is 0 Å². The van der Waals surface area contributed by atoms with Gasteiger partial charge in [-0.2, -0.15) is 0 Å². The SMILES string of the molecule is O=C(OCCC1OC1COC(=O)c1ccc(Br)cc1)c1ccc(Br)cc1. The molecular formula is C19H16Br2O5. The van der Waals surface area contributed by atoms with Gasteiger partial charge in [0.05, 0.1) is 23.8 Å². The summed E-state index contributed by atoms with van der Waals surface area (Å²) in [5.41, 5.74) is 0.999. The Bertz CT molecular complexity index is 774. The first kappa shape index (κ1) is 19.1. The van der Waals surface area contributed by atoms with E-state index in [9.17, 15) is 9.59 Å². The first-order valence-electron chi connectivity index (χ1n) is 8.04. The van der Waals surface area contributed by atoms with Crippen LogP contribution < -0.4 is 0 Å². The van der Waals surface area contributed by atoms with Crippen molar-refractivity contribution >= 4 is 43.8 Å². The minimum Gasteiger partial charge on any atom is -0.462 e. The van der Waals surface area contributed by atoms with Crippen LogP contribution in [0.5, 0.6) is 0 Å². The van der Waals surface area contributed by atoms with Crippen molar-refractivity contribution in [2.24, 2.45) is 0 Å². The Morgan fingerprint density at radius 2 is 1.31 bits per heavy atom. The van der Waals surface area contributed by atoms with Crippen LogP contribution in [0.25, 0.3) is 0 Å². The average Bonchev–Trinajstić information content (AvgIpc) is 3.39. The zero-order valence-corrected chi connectivity index (χ0v) is 16.9. The third-order valence-electron chi connectivity index (χ3n) is 3.86. The molecule has 0 N–H and O–H groups in total. The van der Waals surface area contributed by atoms with E-state index in [1.165, 1.54) is 0 Å². The quantitative estimate of drug-likeness (QED) is 0.431. The topological polar surface area (TPSA) is 65.1 Å². The number of hydrogen-bond donors (Lipinski definition) is 0. The lowest BCUT2D eigenvalue weighted by Crippen LogP contribution is -2.13. The van der Waals surface area contributed by atoms with E-state index in [-0.39, 0.29) is 37.4 Å². The summed E-state index contributed by atoms with van der Waals surface area (Å²) in [6, 6.07) is 13.9. The van der Waals surface area contributed by atoms with Crippen LogP contribution >= 0.6 is 31.9 Å². The molecule has 1 heterocycles. The van der Waals surface area contributed by atoms with Gasteiger partial charge < -0.3 is 14.2 Å². The number of benzene rings is 2. The molecule has 1 aliphatic rings. The van der Waals surface area contributed by atoms with Gasteiger partial charge in [0.15, 0.2) is 0 Å². The molecule has 0 amide bonds. The van der Waals surface area contributed by atoms with Crippen LogP contribution in [-0.4, -0.2) is 37.4 Å². The Morgan fingerprint density at radius 1 is 0.808 bits per heavy atom. The lowest BCUT2D eigenvalue weighted by Gasteiger charge is -2.04. The molecule has 2 atom stereocenters. The molecule has 0 aliphatic carbocycles. The highest BCUT2D eigenvalue weighted by Gasteiger charge is 2.39. The summed E-state index contributed by atoms with van der Waals surface area (Å²) in [6.07, 6.45) is 0.384. The first-order valence-corrected chi connectivity index (χ1v) is 9.62. The lowest BCUT2D eigenvalue weighted by molar-refractivity contribution is 0.0474. The molecular weight excluding hydrogens is 468 g/mol. The van der Waals surface area contributed by atoms with Crippen LogP contribution in [0.1, 0.15) is 27.1 Å². The average molecular weight is 484 g/mol. The Labute approximate surface area is 167 Å². The van der Waals surface area contributed by atoms with Crippen molar-refractivity contribution in [3.8, 4) is 0 Å². The monoisotopic (exact) mass is 482 g/mol. The molecule has 136 valence electrons. The molecule has 2 unspecified atom stereocenters. The number of carbonyl (C=O) groups is 2. The second-order valence-electron chi connectivity index (χ2n) is 5.75. The molecule has 5 nitrogen and oxygen atoms in total.